The number of benzene rings is 1. The molecule has 1 aromatic rings. The monoisotopic (exact) mass is 336 g/mol. The fraction of sp³-hybridized carbons (Fsp3) is 0.417. The van der Waals surface area contributed by atoms with E-state index in [9.17, 15) is 4.79 Å². The van der Waals surface area contributed by atoms with Gasteiger partial charge in [-0.15, -0.1) is 12.4 Å². The molecule has 6 heteroatoms. The lowest BCUT2D eigenvalue weighted by molar-refractivity contribution is -0.124. The highest BCUT2D eigenvalue weighted by Gasteiger charge is 2.10. The molecule has 0 saturated carbocycles. The van der Waals surface area contributed by atoms with Crippen molar-refractivity contribution in [3.8, 4) is 5.75 Å². The first-order valence-electron chi connectivity index (χ1n) is 5.38. The third-order valence-corrected chi connectivity index (χ3v) is 3.10. The van der Waals surface area contributed by atoms with Crippen LogP contribution < -0.4 is 15.8 Å². The van der Waals surface area contributed by atoms with Crippen LogP contribution in [0.4, 0.5) is 0 Å². The lowest BCUT2D eigenvalue weighted by atomic mass is 10.1. The molecule has 1 atom stereocenters. The number of methoxy groups -OCH3 is 1. The standard InChI is InChI=1S/C12H17BrN2O2.ClH/c1-8(6-14)12(16)15-7-9-3-4-11(17-2)10(13)5-9;/h3-5,8H,6-7,14H2,1-2H3,(H,15,16);1H. The molecule has 0 heterocycles. The Bertz CT molecular complexity index is 402. The second kappa shape index (κ2) is 8.34. The Morgan fingerprint density at radius 2 is 2.22 bits per heavy atom. The number of amides is 1. The van der Waals surface area contributed by atoms with Crippen LogP contribution in [0, 0.1) is 5.92 Å². The summed E-state index contributed by atoms with van der Waals surface area (Å²) in [5, 5.41) is 2.83. The predicted molar refractivity (Wildman–Crippen MR) is 78.0 cm³/mol. The number of carbonyl (C=O) groups is 1. The molecular weight excluding hydrogens is 320 g/mol. The molecule has 0 aliphatic carbocycles. The van der Waals surface area contributed by atoms with Crippen LogP contribution in [0.25, 0.3) is 0 Å². The fourth-order valence-corrected chi connectivity index (χ4v) is 1.88. The van der Waals surface area contributed by atoms with Crippen LogP contribution in [0.15, 0.2) is 22.7 Å². The van der Waals surface area contributed by atoms with E-state index in [0.717, 1.165) is 15.8 Å². The Morgan fingerprint density at radius 1 is 1.56 bits per heavy atom. The Kier molecular flexibility index (Phi) is 7.98. The second-order valence-corrected chi connectivity index (χ2v) is 4.68. The first-order valence-corrected chi connectivity index (χ1v) is 6.18. The second-order valence-electron chi connectivity index (χ2n) is 3.82. The van der Waals surface area contributed by atoms with E-state index in [1.54, 1.807) is 14.0 Å². The number of nitrogens with one attached hydrogen (secondary N) is 1. The van der Waals surface area contributed by atoms with Crippen LogP contribution in [0.3, 0.4) is 0 Å². The SMILES string of the molecule is COc1ccc(CNC(=O)C(C)CN)cc1Br.Cl. The third-order valence-electron chi connectivity index (χ3n) is 2.48. The van der Waals surface area contributed by atoms with Crippen molar-refractivity contribution in [1.29, 1.82) is 0 Å². The molecular formula is C12H18BrClN2O2. The van der Waals surface area contributed by atoms with E-state index in [2.05, 4.69) is 21.2 Å². The minimum Gasteiger partial charge on any atom is -0.496 e. The van der Waals surface area contributed by atoms with Gasteiger partial charge in [-0.1, -0.05) is 13.0 Å². The van der Waals surface area contributed by atoms with Crippen LogP contribution in [0.1, 0.15) is 12.5 Å². The molecule has 0 fully saturated rings. The van der Waals surface area contributed by atoms with Crippen molar-refractivity contribution in [2.75, 3.05) is 13.7 Å². The molecule has 0 spiro atoms. The number of rotatable bonds is 5. The van der Waals surface area contributed by atoms with Crippen molar-refractivity contribution >= 4 is 34.2 Å². The zero-order valence-electron chi connectivity index (χ0n) is 10.4. The number of carbonyl (C=O) groups excluding carboxylic acids is 1. The van der Waals surface area contributed by atoms with Crippen LogP contribution in [0.5, 0.6) is 5.75 Å². The molecule has 3 N–H and O–H groups in total. The molecule has 102 valence electrons. The van der Waals surface area contributed by atoms with E-state index < -0.39 is 0 Å². The summed E-state index contributed by atoms with van der Waals surface area (Å²) in [6.45, 7) is 2.66. The maximum Gasteiger partial charge on any atom is 0.224 e. The molecule has 0 saturated heterocycles. The molecule has 0 bridgehead atoms. The normalized spacial score (nSPS) is 11.3. The highest BCUT2D eigenvalue weighted by Crippen LogP contribution is 2.25. The predicted octanol–water partition coefficient (Wildman–Crippen LogP) is 2.09. The van der Waals surface area contributed by atoms with Crippen LogP contribution in [-0.2, 0) is 11.3 Å². The van der Waals surface area contributed by atoms with Gasteiger partial charge < -0.3 is 15.8 Å². The summed E-state index contributed by atoms with van der Waals surface area (Å²) in [5.41, 5.74) is 6.43. The summed E-state index contributed by atoms with van der Waals surface area (Å²) < 4.78 is 6.00. The summed E-state index contributed by atoms with van der Waals surface area (Å²) in [6, 6.07) is 5.70. The van der Waals surface area contributed by atoms with E-state index in [1.165, 1.54) is 0 Å². The van der Waals surface area contributed by atoms with E-state index in [0.29, 0.717) is 13.1 Å². The van der Waals surface area contributed by atoms with Crippen molar-refractivity contribution in [2.24, 2.45) is 11.7 Å². The maximum absolute atomic E-state index is 11.5. The van der Waals surface area contributed by atoms with E-state index in [1.807, 2.05) is 18.2 Å². The maximum atomic E-state index is 11.5. The van der Waals surface area contributed by atoms with Crippen molar-refractivity contribution in [3.05, 3.63) is 28.2 Å². The van der Waals surface area contributed by atoms with Gasteiger partial charge in [0.05, 0.1) is 11.6 Å². The number of halogens is 2. The van der Waals surface area contributed by atoms with Gasteiger partial charge in [0, 0.05) is 19.0 Å². The van der Waals surface area contributed by atoms with Crippen molar-refractivity contribution in [3.63, 3.8) is 0 Å². The van der Waals surface area contributed by atoms with Crippen molar-refractivity contribution < 1.29 is 9.53 Å². The summed E-state index contributed by atoms with van der Waals surface area (Å²) in [7, 11) is 1.62. The van der Waals surface area contributed by atoms with Gasteiger partial charge >= 0.3 is 0 Å². The quantitative estimate of drug-likeness (QED) is 0.865. The van der Waals surface area contributed by atoms with E-state index in [4.69, 9.17) is 10.5 Å². The molecule has 1 aromatic carbocycles. The van der Waals surface area contributed by atoms with Gasteiger partial charge in [0.2, 0.25) is 5.91 Å². The van der Waals surface area contributed by atoms with Gasteiger partial charge in [-0.3, -0.25) is 4.79 Å². The molecule has 0 aromatic heterocycles. The molecule has 0 aliphatic rings. The highest BCUT2D eigenvalue weighted by molar-refractivity contribution is 9.10. The summed E-state index contributed by atoms with van der Waals surface area (Å²) >= 11 is 3.40. The molecule has 1 rings (SSSR count). The van der Waals surface area contributed by atoms with Gasteiger partial charge in [0.15, 0.2) is 0 Å². The summed E-state index contributed by atoms with van der Waals surface area (Å²) in [5.74, 6) is 0.589. The van der Waals surface area contributed by atoms with Gasteiger partial charge in [-0.25, -0.2) is 0 Å². The average molecular weight is 338 g/mol. The van der Waals surface area contributed by atoms with Crippen molar-refractivity contribution in [2.45, 2.75) is 13.5 Å². The lowest BCUT2D eigenvalue weighted by Gasteiger charge is -2.11. The average Bonchev–Trinajstić information content (AvgIpc) is 2.35. The van der Waals surface area contributed by atoms with E-state index in [-0.39, 0.29) is 24.2 Å². The molecule has 1 amide bonds. The van der Waals surface area contributed by atoms with Crippen molar-refractivity contribution in [1.82, 2.24) is 5.32 Å². The topological polar surface area (TPSA) is 64.3 Å². The number of ether oxygens (including phenoxy) is 1. The first kappa shape index (κ1) is 17.2. The summed E-state index contributed by atoms with van der Waals surface area (Å²) in [4.78, 5) is 11.5. The fourth-order valence-electron chi connectivity index (χ4n) is 1.29. The number of hydrogen-bond donors (Lipinski definition) is 2. The van der Waals surface area contributed by atoms with Gasteiger partial charge in [-0.2, -0.15) is 0 Å². The van der Waals surface area contributed by atoms with Crippen LogP contribution >= 0.6 is 28.3 Å². The largest absolute Gasteiger partial charge is 0.496 e. The van der Waals surface area contributed by atoms with Gasteiger partial charge in [-0.05, 0) is 33.6 Å². The minimum absolute atomic E-state index is 0. The Balaban J connectivity index is 0.00000289. The van der Waals surface area contributed by atoms with Gasteiger partial charge in [0.1, 0.15) is 5.75 Å². The Labute approximate surface area is 122 Å². The van der Waals surface area contributed by atoms with E-state index >= 15 is 0 Å². The van der Waals surface area contributed by atoms with Crippen LogP contribution in [0.2, 0.25) is 0 Å². The third kappa shape index (κ3) is 4.84. The first-order chi connectivity index (χ1) is 8.08. The molecule has 1 unspecified atom stereocenters. The minimum atomic E-state index is -0.156. The number of nitrogens with two attached hydrogens (primary N) is 1. The smallest absolute Gasteiger partial charge is 0.224 e. The van der Waals surface area contributed by atoms with Crippen LogP contribution in [-0.4, -0.2) is 19.6 Å². The molecule has 18 heavy (non-hydrogen) atoms. The zero-order chi connectivity index (χ0) is 12.8. The lowest BCUT2D eigenvalue weighted by Crippen LogP contribution is -2.32. The Morgan fingerprint density at radius 3 is 2.72 bits per heavy atom. The molecule has 0 aliphatic heterocycles. The number of hydrogen-bond acceptors (Lipinski definition) is 3. The molecule has 4 nitrogen and oxygen atoms in total. The molecule has 0 radical (unpaired) electrons. The highest BCUT2D eigenvalue weighted by atomic mass is 79.9. The Hall–Kier alpha value is -0.780. The summed E-state index contributed by atoms with van der Waals surface area (Å²) in [6.07, 6.45) is 0. The zero-order valence-corrected chi connectivity index (χ0v) is 12.8. The van der Waals surface area contributed by atoms with Gasteiger partial charge in [0.25, 0.3) is 0 Å².